The van der Waals surface area contributed by atoms with Crippen LogP contribution in [0.5, 0.6) is 0 Å². The van der Waals surface area contributed by atoms with Crippen LogP contribution in [0.1, 0.15) is 52.5 Å². The van der Waals surface area contributed by atoms with E-state index in [2.05, 4.69) is 20.5 Å². The minimum Gasteiger partial charge on any atom is -0.462 e. The number of ether oxygens (including phenoxy) is 1. The van der Waals surface area contributed by atoms with Crippen LogP contribution < -0.4 is 15.5 Å². The van der Waals surface area contributed by atoms with Crippen LogP contribution in [-0.4, -0.2) is 66.6 Å². The van der Waals surface area contributed by atoms with Gasteiger partial charge in [-0.15, -0.1) is 0 Å². The van der Waals surface area contributed by atoms with E-state index in [1.807, 2.05) is 19.1 Å². The van der Waals surface area contributed by atoms with Crippen LogP contribution in [0, 0.1) is 6.92 Å². The highest BCUT2D eigenvalue weighted by Gasteiger charge is 2.25. The molecule has 2 heterocycles. The minimum atomic E-state index is -0.385. The Morgan fingerprint density at radius 2 is 1.85 bits per heavy atom. The van der Waals surface area contributed by atoms with Gasteiger partial charge in [-0.2, -0.15) is 0 Å². The van der Waals surface area contributed by atoms with Crippen molar-refractivity contribution in [3.05, 3.63) is 53.2 Å². The van der Waals surface area contributed by atoms with Crippen molar-refractivity contribution in [3.8, 4) is 0 Å². The van der Waals surface area contributed by atoms with Gasteiger partial charge in [0.2, 0.25) is 0 Å². The highest BCUT2D eigenvalue weighted by Crippen LogP contribution is 2.22. The zero-order valence-corrected chi connectivity index (χ0v) is 19.7. The first-order chi connectivity index (χ1) is 16.4. The molecule has 9 heteroatoms. The smallest absolute Gasteiger partial charge is 0.339 e. The van der Waals surface area contributed by atoms with E-state index in [1.165, 1.54) is 6.20 Å². The molecule has 1 aromatic heterocycles. The molecule has 0 radical (unpaired) electrons. The van der Waals surface area contributed by atoms with Crippen molar-refractivity contribution in [2.24, 2.45) is 0 Å². The number of anilines is 2. The van der Waals surface area contributed by atoms with Crippen molar-refractivity contribution in [2.75, 3.05) is 43.0 Å². The molecule has 2 aromatic rings. The molecule has 3 amide bonds. The van der Waals surface area contributed by atoms with Crippen LogP contribution in [-0.2, 0) is 4.74 Å². The molecular formula is C25H31N5O4. The number of benzene rings is 1. The van der Waals surface area contributed by atoms with E-state index in [-0.39, 0.29) is 23.9 Å². The maximum atomic E-state index is 13.0. The fourth-order valence-electron chi connectivity index (χ4n) is 3.85. The number of urea groups is 1. The van der Waals surface area contributed by atoms with Gasteiger partial charge in [0.1, 0.15) is 5.82 Å². The summed E-state index contributed by atoms with van der Waals surface area (Å²) >= 11 is 0. The van der Waals surface area contributed by atoms with Crippen LogP contribution in [0.4, 0.5) is 16.3 Å². The molecule has 2 N–H and O–H groups in total. The molecule has 0 atom stereocenters. The SMILES string of the molecule is CCOC(=O)c1ccc(N2CCCN(C(=O)Nc3cc(C(=O)NC4CC4)ccc3C)CC2)nc1. The summed E-state index contributed by atoms with van der Waals surface area (Å²) in [5, 5.41) is 5.96. The van der Waals surface area contributed by atoms with Crippen LogP contribution >= 0.6 is 0 Å². The summed E-state index contributed by atoms with van der Waals surface area (Å²) < 4.78 is 5.01. The summed E-state index contributed by atoms with van der Waals surface area (Å²) in [6.45, 7) is 6.53. The third-order valence-corrected chi connectivity index (χ3v) is 6.02. The molecule has 9 nitrogen and oxygen atoms in total. The largest absolute Gasteiger partial charge is 0.462 e. The number of amides is 3. The molecule has 1 aromatic carbocycles. The Hall–Kier alpha value is -3.62. The quantitative estimate of drug-likeness (QED) is 0.635. The van der Waals surface area contributed by atoms with Crippen LogP contribution in [0.15, 0.2) is 36.5 Å². The van der Waals surface area contributed by atoms with E-state index >= 15 is 0 Å². The first-order valence-corrected chi connectivity index (χ1v) is 11.8. The second kappa shape index (κ2) is 10.5. The summed E-state index contributed by atoms with van der Waals surface area (Å²) in [4.78, 5) is 45.5. The summed E-state index contributed by atoms with van der Waals surface area (Å²) in [7, 11) is 0. The van der Waals surface area contributed by atoms with Crippen molar-refractivity contribution in [3.63, 3.8) is 0 Å². The highest BCUT2D eigenvalue weighted by molar-refractivity contribution is 5.97. The number of nitrogens with one attached hydrogen (secondary N) is 2. The predicted molar refractivity (Wildman–Crippen MR) is 129 cm³/mol. The van der Waals surface area contributed by atoms with Gasteiger partial charge in [0.15, 0.2) is 0 Å². The van der Waals surface area contributed by atoms with E-state index in [4.69, 9.17) is 4.74 Å². The molecule has 1 saturated heterocycles. The molecule has 0 spiro atoms. The topological polar surface area (TPSA) is 104 Å². The van der Waals surface area contributed by atoms with Crippen molar-refractivity contribution in [1.82, 2.24) is 15.2 Å². The Morgan fingerprint density at radius 1 is 1.06 bits per heavy atom. The van der Waals surface area contributed by atoms with Gasteiger partial charge in [-0.25, -0.2) is 14.6 Å². The van der Waals surface area contributed by atoms with Gasteiger partial charge < -0.3 is 25.2 Å². The minimum absolute atomic E-state index is 0.107. The van der Waals surface area contributed by atoms with E-state index < -0.39 is 0 Å². The first kappa shape index (κ1) is 23.5. The van der Waals surface area contributed by atoms with Gasteiger partial charge in [0.25, 0.3) is 5.91 Å². The van der Waals surface area contributed by atoms with Crippen molar-refractivity contribution in [1.29, 1.82) is 0 Å². The number of hydrogen-bond donors (Lipinski definition) is 2. The molecule has 1 aliphatic heterocycles. The number of hydrogen-bond acceptors (Lipinski definition) is 6. The molecular weight excluding hydrogens is 434 g/mol. The van der Waals surface area contributed by atoms with Crippen LogP contribution in [0.25, 0.3) is 0 Å². The highest BCUT2D eigenvalue weighted by atomic mass is 16.5. The lowest BCUT2D eigenvalue weighted by Gasteiger charge is -2.23. The van der Waals surface area contributed by atoms with Crippen molar-refractivity contribution < 1.29 is 19.1 Å². The number of nitrogens with zero attached hydrogens (tertiary/aromatic N) is 3. The Balaban J connectivity index is 1.35. The van der Waals surface area contributed by atoms with Gasteiger partial charge in [0, 0.05) is 49.7 Å². The molecule has 180 valence electrons. The summed E-state index contributed by atoms with van der Waals surface area (Å²) in [5.41, 5.74) is 2.52. The molecule has 1 aliphatic carbocycles. The standard InChI is InChI=1S/C25H31N5O4/c1-3-34-24(32)19-7-10-22(26-16-19)29-11-4-12-30(14-13-29)25(33)28-21-15-18(6-5-17(21)2)23(31)27-20-8-9-20/h5-7,10,15-16,20H,3-4,8-9,11-14H2,1-2H3,(H,27,31)(H,28,33). The zero-order valence-electron chi connectivity index (χ0n) is 19.7. The van der Waals surface area contributed by atoms with E-state index in [1.54, 1.807) is 30.0 Å². The van der Waals surface area contributed by atoms with Crippen LogP contribution in [0.3, 0.4) is 0 Å². The van der Waals surface area contributed by atoms with Gasteiger partial charge in [-0.3, -0.25) is 4.79 Å². The van der Waals surface area contributed by atoms with E-state index in [9.17, 15) is 14.4 Å². The van der Waals surface area contributed by atoms with Gasteiger partial charge in [-0.05, 0) is 62.9 Å². The Kier molecular flexibility index (Phi) is 7.30. The van der Waals surface area contributed by atoms with Gasteiger partial charge in [0.05, 0.1) is 12.2 Å². The fourth-order valence-corrected chi connectivity index (χ4v) is 3.85. The molecule has 2 fully saturated rings. The van der Waals surface area contributed by atoms with Crippen molar-refractivity contribution in [2.45, 2.75) is 39.2 Å². The average molecular weight is 466 g/mol. The average Bonchev–Trinajstić information content (AvgIpc) is 3.67. The maximum absolute atomic E-state index is 13.0. The number of carbonyl (C=O) groups excluding carboxylic acids is 3. The van der Waals surface area contributed by atoms with E-state index in [0.717, 1.165) is 37.2 Å². The number of esters is 1. The third kappa shape index (κ3) is 5.84. The molecule has 0 unspecified atom stereocenters. The molecule has 2 aliphatic rings. The number of aryl methyl sites for hydroxylation is 1. The van der Waals surface area contributed by atoms with Gasteiger partial charge >= 0.3 is 12.0 Å². The molecule has 1 saturated carbocycles. The second-order valence-electron chi connectivity index (χ2n) is 8.66. The van der Waals surface area contributed by atoms with Crippen molar-refractivity contribution >= 4 is 29.4 Å². The number of aromatic nitrogens is 1. The molecule has 4 rings (SSSR count). The zero-order chi connectivity index (χ0) is 24.1. The summed E-state index contributed by atoms with van der Waals surface area (Å²) in [5.74, 6) is 0.273. The number of pyridine rings is 1. The Bertz CT molecular complexity index is 1050. The molecule has 0 bridgehead atoms. The summed E-state index contributed by atoms with van der Waals surface area (Å²) in [6.07, 6.45) is 4.37. The maximum Gasteiger partial charge on any atom is 0.339 e. The number of rotatable bonds is 6. The van der Waals surface area contributed by atoms with E-state index in [0.29, 0.717) is 43.1 Å². The monoisotopic (exact) mass is 465 g/mol. The normalized spacial score (nSPS) is 15.9. The lowest BCUT2D eigenvalue weighted by Crippen LogP contribution is -2.38. The number of carbonyl (C=O) groups is 3. The van der Waals surface area contributed by atoms with Crippen LogP contribution in [0.2, 0.25) is 0 Å². The lowest BCUT2D eigenvalue weighted by molar-refractivity contribution is 0.0525. The Labute approximate surface area is 199 Å². The third-order valence-electron chi connectivity index (χ3n) is 6.02. The fraction of sp³-hybridized carbons (Fsp3) is 0.440. The molecule has 34 heavy (non-hydrogen) atoms. The predicted octanol–water partition coefficient (Wildman–Crippen LogP) is 3.20. The Morgan fingerprint density at radius 3 is 2.56 bits per heavy atom. The second-order valence-corrected chi connectivity index (χ2v) is 8.66. The summed E-state index contributed by atoms with van der Waals surface area (Å²) in [6, 6.07) is 9.00. The lowest BCUT2D eigenvalue weighted by atomic mass is 10.1. The van der Waals surface area contributed by atoms with Gasteiger partial charge in [-0.1, -0.05) is 6.07 Å². The first-order valence-electron chi connectivity index (χ1n) is 11.8.